The van der Waals surface area contributed by atoms with Gasteiger partial charge in [-0.3, -0.25) is 9.59 Å². The SMILES string of the molecule is CC(NC(=O)CNC(=O)CN)C(=O)Oc1ccc2c(c1)[C@@]13CCCC[C@H]1[C@@H](C2)N(C)CC3. The molecule has 2 fully saturated rings. The highest BCUT2D eigenvalue weighted by Crippen LogP contribution is 2.55. The van der Waals surface area contributed by atoms with Gasteiger partial charge in [0.2, 0.25) is 11.8 Å². The van der Waals surface area contributed by atoms with Crippen molar-refractivity contribution in [1.29, 1.82) is 0 Å². The van der Waals surface area contributed by atoms with Crippen LogP contribution in [0.4, 0.5) is 0 Å². The molecule has 0 radical (unpaired) electrons. The monoisotopic (exact) mass is 442 g/mol. The van der Waals surface area contributed by atoms with E-state index >= 15 is 0 Å². The van der Waals surface area contributed by atoms with Gasteiger partial charge in [0.1, 0.15) is 11.8 Å². The van der Waals surface area contributed by atoms with Crippen LogP contribution < -0.4 is 21.1 Å². The van der Waals surface area contributed by atoms with E-state index in [2.05, 4.69) is 34.7 Å². The Morgan fingerprint density at radius 3 is 2.84 bits per heavy atom. The highest BCUT2D eigenvalue weighted by molar-refractivity contribution is 5.89. The van der Waals surface area contributed by atoms with Crippen LogP contribution in [0.15, 0.2) is 18.2 Å². The largest absolute Gasteiger partial charge is 0.425 e. The quantitative estimate of drug-likeness (QED) is 0.445. The number of nitrogens with zero attached hydrogens (tertiary/aromatic N) is 1. The molecule has 32 heavy (non-hydrogen) atoms. The first-order valence-electron chi connectivity index (χ1n) is 11.7. The van der Waals surface area contributed by atoms with E-state index in [4.69, 9.17) is 10.5 Å². The van der Waals surface area contributed by atoms with E-state index in [9.17, 15) is 14.4 Å². The van der Waals surface area contributed by atoms with Crippen molar-refractivity contribution in [2.24, 2.45) is 11.7 Å². The molecule has 1 aromatic rings. The molecule has 8 heteroatoms. The van der Waals surface area contributed by atoms with Gasteiger partial charge in [0.15, 0.2) is 0 Å². The van der Waals surface area contributed by atoms with Gasteiger partial charge < -0.3 is 26.0 Å². The lowest BCUT2D eigenvalue weighted by Crippen LogP contribution is -2.59. The number of nitrogens with one attached hydrogen (secondary N) is 2. The predicted molar refractivity (Wildman–Crippen MR) is 120 cm³/mol. The lowest BCUT2D eigenvalue weighted by Gasteiger charge is -2.58. The van der Waals surface area contributed by atoms with Gasteiger partial charge in [-0.25, -0.2) is 4.79 Å². The van der Waals surface area contributed by atoms with Crippen LogP contribution in [0, 0.1) is 5.92 Å². The number of benzene rings is 1. The molecule has 1 aliphatic heterocycles. The van der Waals surface area contributed by atoms with E-state index in [1.807, 2.05) is 6.07 Å². The lowest BCUT2D eigenvalue weighted by atomic mass is 9.52. The number of rotatable bonds is 6. The van der Waals surface area contributed by atoms with Gasteiger partial charge in [0.25, 0.3) is 0 Å². The zero-order valence-electron chi connectivity index (χ0n) is 19.0. The van der Waals surface area contributed by atoms with Crippen molar-refractivity contribution < 1.29 is 19.1 Å². The van der Waals surface area contributed by atoms with Crippen molar-refractivity contribution >= 4 is 17.8 Å². The highest BCUT2D eigenvalue weighted by Gasteiger charge is 2.53. The molecule has 1 saturated heterocycles. The van der Waals surface area contributed by atoms with Crippen molar-refractivity contribution in [2.45, 2.75) is 62.9 Å². The fourth-order valence-electron chi connectivity index (χ4n) is 6.05. The minimum atomic E-state index is -0.832. The predicted octanol–water partition coefficient (Wildman–Crippen LogP) is 0.860. The number of carbonyl (C=O) groups is 3. The Morgan fingerprint density at radius 1 is 1.25 bits per heavy atom. The summed E-state index contributed by atoms with van der Waals surface area (Å²) in [5, 5.41) is 4.93. The Morgan fingerprint density at radius 2 is 2.06 bits per heavy atom. The second kappa shape index (κ2) is 9.19. The Bertz CT molecular complexity index is 904. The third-order valence-electron chi connectivity index (χ3n) is 7.67. The van der Waals surface area contributed by atoms with E-state index in [0.29, 0.717) is 17.7 Å². The molecule has 3 aliphatic rings. The second-order valence-corrected chi connectivity index (χ2v) is 9.52. The summed E-state index contributed by atoms with van der Waals surface area (Å²) in [4.78, 5) is 38.3. The number of carbonyl (C=O) groups excluding carboxylic acids is 3. The molecule has 4 atom stereocenters. The van der Waals surface area contributed by atoms with Crippen molar-refractivity contribution in [3.63, 3.8) is 0 Å². The van der Waals surface area contributed by atoms with Crippen LogP contribution in [0.2, 0.25) is 0 Å². The van der Waals surface area contributed by atoms with Crippen molar-refractivity contribution in [3.05, 3.63) is 29.3 Å². The Kier molecular flexibility index (Phi) is 6.53. The van der Waals surface area contributed by atoms with Gasteiger partial charge in [-0.05, 0) is 75.4 Å². The maximum atomic E-state index is 12.6. The first kappa shape index (κ1) is 22.7. The third kappa shape index (κ3) is 4.26. The summed E-state index contributed by atoms with van der Waals surface area (Å²) in [7, 11) is 2.25. The van der Waals surface area contributed by atoms with E-state index in [1.165, 1.54) is 36.8 Å². The number of likely N-dealkylation sites (N-methyl/N-ethyl adjacent to an activating group) is 1. The zero-order valence-corrected chi connectivity index (χ0v) is 19.0. The first-order valence-corrected chi connectivity index (χ1v) is 11.7. The number of esters is 1. The molecular weight excluding hydrogens is 408 g/mol. The van der Waals surface area contributed by atoms with Gasteiger partial charge >= 0.3 is 5.97 Å². The van der Waals surface area contributed by atoms with Gasteiger partial charge in [0.05, 0.1) is 13.1 Å². The smallest absolute Gasteiger partial charge is 0.333 e. The number of amides is 2. The summed E-state index contributed by atoms with van der Waals surface area (Å²) in [6.07, 6.45) is 7.21. The summed E-state index contributed by atoms with van der Waals surface area (Å²) in [5.74, 6) is -0.236. The fraction of sp³-hybridized carbons (Fsp3) is 0.625. The van der Waals surface area contributed by atoms with E-state index in [1.54, 1.807) is 6.92 Å². The Labute approximate surface area is 189 Å². The number of hydrogen-bond donors (Lipinski definition) is 3. The average Bonchev–Trinajstić information content (AvgIpc) is 2.80. The average molecular weight is 443 g/mol. The van der Waals surface area contributed by atoms with Gasteiger partial charge in [-0.15, -0.1) is 0 Å². The van der Waals surface area contributed by atoms with Crippen molar-refractivity contribution in [3.8, 4) is 5.75 Å². The van der Waals surface area contributed by atoms with Gasteiger partial charge in [-0.1, -0.05) is 18.9 Å². The van der Waals surface area contributed by atoms with Gasteiger partial charge in [0, 0.05) is 11.5 Å². The molecule has 2 amide bonds. The first-order chi connectivity index (χ1) is 15.3. The molecule has 1 aromatic carbocycles. The van der Waals surface area contributed by atoms with Crippen molar-refractivity contribution in [2.75, 3.05) is 26.7 Å². The van der Waals surface area contributed by atoms with E-state index in [0.717, 1.165) is 19.4 Å². The van der Waals surface area contributed by atoms with Crippen LogP contribution in [0.25, 0.3) is 0 Å². The maximum absolute atomic E-state index is 12.6. The molecule has 0 aromatic heterocycles. The lowest BCUT2D eigenvalue weighted by molar-refractivity contribution is -0.138. The molecule has 1 heterocycles. The number of piperidine rings is 1. The molecule has 174 valence electrons. The van der Waals surface area contributed by atoms with Crippen LogP contribution >= 0.6 is 0 Å². The summed E-state index contributed by atoms with van der Waals surface area (Å²) < 4.78 is 5.65. The molecule has 4 N–H and O–H groups in total. The highest BCUT2D eigenvalue weighted by atomic mass is 16.5. The molecule has 2 aliphatic carbocycles. The molecule has 8 nitrogen and oxygen atoms in total. The number of fused-ring (bicyclic) bond motifs is 1. The summed E-state index contributed by atoms with van der Waals surface area (Å²) >= 11 is 0. The van der Waals surface area contributed by atoms with Crippen LogP contribution in [-0.4, -0.2) is 61.4 Å². The minimum absolute atomic E-state index is 0.187. The molecular formula is C24H34N4O4. The number of ether oxygens (including phenoxy) is 1. The van der Waals surface area contributed by atoms with Crippen molar-refractivity contribution in [1.82, 2.24) is 15.5 Å². The molecule has 1 unspecified atom stereocenters. The summed E-state index contributed by atoms with van der Waals surface area (Å²) in [5.41, 5.74) is 8.12. The van der Waals surface area contributed by atoms with Crippen LogP contribution in [0.1, 0.15) is 50.2 Å². The van der Waals surface area contributed by atoms with E-state index in [-0.39, 0.29) is 18.5 Å². The van der Waals surface area contributed by atoms with Crippen LogP contribution in [0.5, 0.6) is 5.75 Å². The van der Waals surface area contributed by atoms with Crippen LogP contribution in [-0.2, 0) is 26.2 Å². The second-order valence-electron chi connectivity index (χ2n) is 9.52. The third-order valence-corrected chi connectivity index (χ3v) is 7.67. The molecule has 2 bridgehead atoms. The van der Waals surface area contributed by atoms with Crippen LogP contribution in [0.3, 0.4) is 0 Å². The zero-order chi connectivity index (χ0) is 22.9. The van der Waals surface area contributed by atoms with E-state index < -0.39 is 23.8 Å². The minimum Gasteiger partial charge on any atom is -0.425 e. The summed E-state index contributed by atoms with van der Waals surface area (Å²) in [6, 6.07) is 5.81. The fourth-order valence-corrected chi connectivity index (χ4v) is 6.05. The summed E-state index contributed by atoms with van der Waals surface area (Å²) in [6.45, 7) is 2.25. The molecule has 4 rings (SSSR count). The number of hydrogen-bond acceptors (Lipinski definition) is 6. The maximum Gasteiger partial charge on any atom is 0.333 e. The standard InChI is InChI=1S/C24H34N4O4/c1-15(27-22(30)14-26-21(29)13-25)23(31)32-17-7-6-16-11-20-18-5-3-4-8-24(18,19(16)12-17)9-10-28(20)2/h6-7,12,15,18,20H,3-5,8-11,13-14,25H2,1-2H3,(H,26,29)(H,27,30)/t15?,18-,20+,24+/m0/s1. The Hall–Kier alpha value is -2.45. The number of nitrogens with two attached hydrogens (primary N) is 1. The molecule has 1 saturated carbocycles. The topological polar surface area (TPSA) is 114 Å². The number of likely N-dealkylation sites (tertiary alicyclic amines) is 1. The Balaban J connectivity index is 1.46. The van der Waals surface area contributed by atoms with Gasteiger partial charge in [-0.2, -0.15) is 0 Å². The normalized spacial score (nSPS) is 27.5. The molecule has 0 spiro atoms.